The van der Waals surface area contributed by atoms with Crippen LogP contribution in [0.3, 0.4) is 0 Å². The van der Waals surface area contributed by atoms with Crippen molar-refractivity contribution >= 4 is 32.0 Å². The summed E-state index contributed by atoms with van der Waals surface area (Å²) in [4.78, 5) is 0. The molecule has 0 saturated heterocycles. The number of aliphatic hydroxyl groups is 1. The van der Waals surface area contributed by atoms with Crippen LogP contribution in [0.4, 0.5) is 0 Å². The highest BCUT2D eigenvalue weighted by Gasteiger charge is 2.51. The van der Waals surface area contributed by atoms with Crippen LogP contribution in [0.15, 0.2) is 103 Å². The Hall–Kier alpha value is -2.25. The summed E-state index contributed by atoms with van der Waals surface area (Å²) in [5, 5.41) is 15.3. The van der Waals surface area contributed by atoms with Gasteiger partial charge in [0.25, 0.3) is 8.32 Å². The normalized spacial score (nSPS) is 16.9. The van der Waals surface area contributed by atoms with Gasteiger partial charge in [0.1, 0.15) is 0 Å². The van der Waals surface area contributed by atoms with E-state index in [4.69, 9.17) is 11.0 Å². The maximum atomic E-state index is 11.4. The maximum Gasteiger partial charge on any atom is 0.261 e. The van der Waals surface area contributed by atoms with Gasteiger partial charge in [0.15, 0.2) is 0 Å². The molecule has 214 valence electrons. The molecule has 2 nitrogen and oxygen atoms in total. The number of aliphatic hydroxyl groups excluding tert-OH is 1. The van der Waals surface area contributed by atoms with E-state index in [1.54, 1.807) is 0 Å². The maximum absolute atomic E-state index is 11.4. The Morgan fingerprint density at radius 1 is 0.800 bits per heavy atom. The van der Waals surface area contributed by atoms with Crippen molar-refractivity contribution in [3.05, 3.63) is 103 Å². The number of hydrogen-bond donors (Lipinski definition) is 1. The van der Waals surface area contributed by atoms with Crippen LogP contribution in [-0.4, -0.2) is 34.2 Å². The first kappa shape index (κ1) is 30.7. The summed E-state index contributed by atoms with van der Waals surface area (Å²) in [6.45, 7) is 17.3. The molecule has 40 heavy (non-hydrogen) atoms. The van der Waals surface area contributed by atoms with E-state index in [1.165, 1.54) is 34.8 Å². The van der Waals surface area contributed by atoms with Crippen LogP contribution in [0.2, 0.25) is 23.7 Å². The van der Waals surface area contributed by atoms with E-state index in [2.05, 4.69) is 125 Å². The van der Waals surface area contributed by atoms with Crippen molar-refractivity contribution in [1.29, 1.82) is 0 Å². The van der Waals surface area contributed by atoms with Gasteiger partial charge in [0.2, 0.25) is 0 Å². The number of benzene rings is 3. The van der Waals surface area contributed by atoms with Crippen molar-refractivity contribution in [3.8, 4) is 0 Å². The standard InChI is InChI=1S/C36H50O2Si2/c1-29(27-34(37)30-19-11-7-12-20-30)35(39(5,6)31-21-13-8-14-22-31)28-38-40(36(2,3)4,32-23-15-9-16-24-32)33-25-17-10-18-26-33/h8-10,13-18,21-26,30,34-35,37H,1,7,11-12,19-20,27-28H2,2-6H3/t34-,35-/m0/s1. The third-order valence-electron chi connectivity index (χ3n) is 9.43. The molecule has 0 unspecified atom stereocenters. The Kier molecular flexibility index (Phi) is 10.1. The molecule has 2 atom stereocenters. The molecule has 0 amide bonds. The summed E-state index contributed by atoms with van der Waals surface area (Å²) in [5.41, 5.74) is 1.35. The van der Waals surface area contributed by atoms with Gasteiger partial charge in [-0.2, -0.15) is 0 Å². The summed E-state index contributed by atoms with van der Waals surface area (Å²) in [5.74, 6) is 0.394. The molecule has 0 aromatic heterocycles. The fourth-order valence-electron chi connectivity index (χ4n) is 6.97. The van der Waals surface area contributed by atoms with E-state index in [0.29, 0.717) is 18.9 Å². The lowest BCUT2D eigenvalue weighted by molar-refractivity contribution is 0.0839. The Morgan fingerprint density at radius 3 is 1.70 bits per heavy atom. The molecule has 0 bridgehead atoms. The SMILES string of the molecule is C=C(C[C@H](O)C1CCCCC1)[C@H](CO[Si](c1ccccc1)(c1ccccc1)C(C)(C)C)[Si](C)(C)c1ccccc1. The monoisotopic (exact) mass is 570 g/mol. The lowest BCUT2D eigenvalue weighted by Gasteiger charge is -2.45. The molecule has 0 spiro atoms. The number of rotatable bonds is 11. The van der Waals surface area contributed by atoms with Gasteiger partial charge in [-0.25, -0.2) is 0 Å². The predicted octanol–water partition coefficient (Wildman–Crippen LogP) is 7.44. The minimum Gasteiger partial charge on any atom is -0.407 e. The average molecular weight is 571 g/mol. The second-order valence-corrected chi connectivity index (χ2v) is 22.5. The van der Waals surface area contributed by atoms with Crippen molar-refractivity contribution in [2.75, 3.05) is 6.61 Å². The van der Waals surface area contributed by atoms with Gasteiger partial charge in [0.05, 0.1) is 14.2 Å². The second-order valence-electron chi connectivity index (χ2n) is 13.4. The topological polar surface area (TPSA) is 29.5 Å². The van der Waals surface area contributed by atoms with Gasteiger partial charge in [-0.1, -0.05) is 161 Å². The quantitative estimate of drug-likeness (QED) is 0.192. The highest BCUT2D eigenvalue weighted by Crippen LogP contribution is 2.40. The molecule has 3 aromatic carbocycles. The summed E-state index contributed by atoms with van der Waals surface area (Å²) in [6, 6.07) is 32.8. The van der Waals surface area contributed by atoms with Crippen LogP contribution in [0, 0.1) is 5.92 Å². The summed E-state index contributed by atoms with van der Waals surface area (Å²) in [7, 11) is -4.75. The second kappa shape index (κ2) is 13.2. The van der Waals surface area contributed by atoms with Crippen LogP contribution in [0.5, 0.6) is 0 Å². The lowest BCUT2D eigenvalue weighted by Crippen LogP contribution is -2.67. The fourth-order valence-corrected chi connectivity index (χ4v) is 14.8. The zero-order chi connectivity index (χ0) is 28.8. The first-order valence-electron chi connectivity index (χ1n) is 15.2. The van der Waals surface area contributed by atoms with Crippen LogP contribution in [0.1, 0.15) is 59.3 Å². The van der Waals surface area contributed by atoms with Gasteiger partial charge in [0, 0.05) is 12.1 Å². The van der Waals surface area contributed by atoms with Gasteiger partial charge in [-0.3, -0.25) is 0 Å². The van der Waals surface area contributed by atoms with E-state index >= 15 is 0 Å². The molecule has 0 radical (unpaired) electrons. The fraction of sp³-hybridized carbons (Fsp3) is 0.444. The summed E-state index contributed by atoms with van der Waals surface area (Å²) >= 11 is 0. The first-order chi connectivity index (χ1) is 19.1. The Labute approximate surface area is 245 Å². The largest absolute Gasteiger partial charge is 0.407 e. The third kappa shape index (κ3) is 6.62. The van der Waals surface area contributed by atoms with Crippen LogP contribution < -0.4 is 15.6 Å². The molecule has 3 aromatic rings. The van der Waals surface area contributed by atoms with E-state index in [1.807, 2.05) is 0 Å². The van der Waals surface area contributed by atoms with Gasteiger partial charge in [-0.15, -0.1) is 0 Å². The Bertz CT molecular complexity index is 1160. The summed E-state index contributed by atoms with van der Waals surface area (Å²) in [6.07, 6.45) is 6.39. The van der Waals surface area contributed by atoms with Crippen LogP contribution in [0.25, 0.3) is 0 Å². The molecule has 1 N–H and O–H groups in total. The van der Waals surface area contributed by atoms with Crippen LogP contribution in [-0.2, 0) is 4.43 Å². The molecule has 0 aliphatic heterocycles. The highest BCUT2D eigenvalue weighted by molar-refractivity contribution is 6.99. The summed E-state index contributed by atoms with van der Waals surface area (Å²) < 4.78 is 7.52. The van der Waals surface area contributed by atoms with Crippen molar-refractivity contribution in [1.82, 2.24) is 0 Å². The average Bonchev–Trinajstić information content (AvgIpc) is 2.96. The minimum atomic E-state index is -2.69. The molecule has 1 saturated carbocycles. The van der Waals surface area contributed by atoms with Gasteiger partial charge in [-0.05, 0) is 40.6 Å². The first-order valence-corrected chi connectivity index (χ1v) is 20.2. The van der Waals surface area contributed by atoms with E-state index in [9.17, 15) is 5.11 Å². The Balaban J connectivity index is 1.74. The van der Waals surface area contributed by atoms with E-state index in [0.717, 1.165) is 18.4 Å². The zero-order valence-corrected chi connectivity index (χ0v) is 27.4. The third-order valence-corrected chi connectivity index (χ3v) is 18.6. The molecule has 0 heterocycles. The molecular formula is C36H50O2Si2. The zero-order valence-electron chi connectivity index (χ0n) is 25.4. The lowest BCUT2D eigenvalue weighted by atomic mass is 9.83. The molecule has 1 aliphatic rings. The van der Waals surface area contributed by atoms with Crippen molar-refractivity contribution in [2.24, 2.45) is 5.92 Å². The van der Waals surface area contributed by atoms with E-state index in [-0.39, 0.29) is 16.7 Å². The van der Waals surface area contributed by atoms with Gasteiger partial charge >= 0.3 is 0 Å². The predicted molar refractivity (Wildman–Crippen MR) is 177 cm³/mol. The van der Waals surface area contributed by atoms with Gasteiger partial charge < -0.3 is 9.53 Å². The van der Waals surface area contributed by atoms with E-state index < -0.39 is 16.4 Å². The molecule has 1 aliphatic carbocycles. The molecule has 1 fully saturated rings. The number of hydrogen-bond acceptors (Lipinski definition) is 2. The van der Waals surface area contributed by atoms with Crippen molar-refractivity contribution in [2.45, 2.75) is 89.1 Å². The van der Waals surface area contributed by atoms with Crippen LogP contribution >= 0.6 is 0 Å². The molecule has 4 rings (SSSR count). The highest BCUT2D eigenvalue weighted by atomic mass is 28.4. The molecular weight excluding hydrogens is 521 g/mol. The van der Waals surface area contributed by atoms with Crippen molar-refractivity contribution in [3.63, 3.8) is 0 Å². The van der Waals surface area contributed by atoms with Crippen molar-refractivity contribution < 1.29 is 9.53 Å². The molecule has 4 heteroatoms. The smallest absolute Gasteiger partial charge is 0.261 e. The minimum absolute atomic E-state index is 0.0817. The Morgan fingerprint density at radius 2 is 1.25 bits per heavy atom.